The van der Waals surface area contributed by atoms with E-state index in [2.05, 4.69) is 4.98 Å². The Morgan fingerprint density at radius 3 is 2.23 bits per heavy atom. The minimum Gasteiger partial charge on any atom is -0.461 e. The summed E-state index contributed by atoms with van der Waals surface area (Å²) in [7, 11) is 0. The van der Waals surface area contributed by atoms with Crippen LogP contribution in [-0.2, 0) is 4.74 Å². The zero-order valence-electron chi connectivity index (χ0n) is 13.8. The highest BCUT2D eigenvalue weighted by Gasteiger charge is 2.17. The summed E-state index contributed by atoms with van der Waals surface area (Å²) in [5.41, 5.74) is 3.18. The van der Waals surface area contributed by atoms with Crippen LogP contribution in [0.3, 0.4) is 0 Å². The average Bonchev–Trinajstić information content (AvgIpc) is 2.62. The maximum atomic E-state index is 12.1. The van der Waals surface area contributed by atoms with E-state index in [1.54, 1.807) is 43.3 Å². The number of esters is 1. The van der Waals surface area contributed by atoms with Crippen molar-refractivity contribution in [1.82, 2.24) is 4.98 Å². The number of hydrogen-bond donors (Lipinski definition) is 0. The van der Waals surface area contributed by atoms with Crippen molar-refractivity contribution in [2.24, 2.45) is 0 Å². The van der Waals surface area contributed by atoms with Gasteiger partial charge in [-0.25, -0.2) is 9.78 Å². The van der Waals surface area contributed by atoms with Crippen molar-refractivity contribution < 1.29 is 9.53 Å². The molecule has 3 rings (SSSR count). The van der Waals surface area contributed by atoms with Crippen molar-refractivity contribution >= 4 is 40.8 Å². The number of pyridine rings is 1. The van der Waals surface area contributed by atoms with Crippen LogP contribution in [0.15, 0.2) is 54.6 Å². The van der Waals surface area contributed by atoms with Gasteiger partial charge in [0.05, 0.1) is 17.3 Å². The van der Waals surface area contributed by atoms with Gasteiger partial charge in [-0.15, -0.1) is 0 Å². The zero-order valence-corrected chi connectivity index (χ0v) is 16.1. The summed E-state index contributed by atoms with van der Waals surface area (Å²) in [4.78, 5) is 16.6. The fourth-order valence-electron chi connectivity index (χ4n) is 2.53. The molecule has 0 unspecified atom stereocenters. The van der Waals surface area contributed by atoms with Crippen LogP contribution in [0.25, 0.3) is 22.4 Å². The number of hydrogen-bond acceptors (Lipinski definition) is 3. The highest BCUT2D eigenvalue weighted by Crippen LogP contribution is 2.36. The van der Waals surface area contributed by atoms with E-state index in [1.165, 1.54) is 0 Å². The Morgan fingerprint density at radius 2 is 1.58 bits per heavy atom. The third kappa shape index (κ3) is 4.01. The van der Waals surface area contributed by atoms with E-state index < -0.39 is 5.97 Å². The lowest BCUT2D eigenvalue weighted by Crippen LogP contribution is -2.08. The van der Waals surface area contributed by atoms with Crippen LogP contribution < -0.4 is 0 Å². The molecule has 0 saturated heterocycles. The molecule has 2 aromatic carbocycles. The van der Waals surface area contributed by atoms with Gasteiger partial charge in [0, 0.05) is 21.2 Å². The molecule has 1 heterocycles. The Kier molecular flexibility index (Phi) is 5.82. The second-order valence-electron chi connectivity index (χ2n) is 5.44. The molecule has 0 radical (unpaired) electrons. The van der Waals surface area contributed by atoms with Crippen LogP contribution in [0, 0.1) is 0 Å². The molecule has 6 heteroatoms. The number of carbonyl (C=O) groups is 1. The van der Waals surface area contributed by atoms with Gasteiger partial charge in [-0.05, 0) is 55.0 Å². The van der Waals surface area contributed by atoms with E-state index in [4.69, 9.17) is 39.5 Å². The van der Waals surface area contributed by atoms with Gasteiger partial charge in [-0.3, -0.25) is 0 Å². The first-order chi connectivity index (χ1) is 12.5. The number of rotatable bonds is 4. The lowest BCUT2D eigenvalue weighted by molar-refractivity contribution is 0.0519. The molecule has 132 valence electrons. The van der Waals surface area contributed by atoms with E-state index in [0.29, 0.717) is 26.3 Å². The topological polar surface area (TPSA) is 39.2 Å². The molecule has 0 fully saturated rings. The normalized spacial score (nSPS) is 10.6. The summed E-state index contributed by atoms with van der Waals surface area (Å²) in [5, 5.41) is 1.60. The largest absolute Gasteiger partial charge is 0.461 e. The summed E-state index contributed by atoms with van der Waals surface area (Å²) >= 11 is 18.4. The Labute approximate surface area is 166 Å². The first-order valence-electron chi connectivity index (χ1n) is 7.89. The molecule has 0 amide bonds. The monoisotopic (exact) mass is 405 g/mol. The fourth-order valence-corrected chi connectivity index (χ4v) is 3.15. The molecule has 26 heavy (non-hydrogen) atoms. The number of ether oxygens (including phenoxy) is 1. The number of halogens is 3. The van der Waals surface area contributed by atoms with E-state index in [1.807, 2.05) is 18.2 Å². The number of aromatic nitrogens is 1. The summed E-state index contributed by atoms with van der Waals surface area (Å²) in [6.45, 7) is 2.02. The molecule has 0 spiro atoms. The SMILES string of the molecule is CCOC(=O)c1ccc(-c2ccc(Cl)cc2)c(-c2ccc(Cl)cc2Cl)n1. The van der Waals surface area contributed by atoms with Gasteiger partial charge < -0.3 is 4.74 Å². The third-order valence-electron chi connectivity index (χ3n) is 3.72. The Hall–Kier alpha value is -2.07. The molecule has 0 aliphatic heterocycles. The second kappa shape index (κ2) is 8.09. The number of benzene rings is 2. The lowest BCUT2D eigenvalue weighted by atomic mass is 9.98. The Morgan fingerprint density at radius 1 is 0.923 bits per heavy atom. The van der Waals surface area contributed by atoms with Crippen LogP contribution >= 0.6 is 34.8 Å². The second-order valence-corrected chi connectivity index (χ2v) is 6.72. The molecule has 3 aromatic rings. The van der Waals surface area contributed by atoms with Crippen molar-refractivity contribution in [3.63, 3.8) is 0 Å². The lowest BCUT2D eigenvalue weighted by Gasteiger charge is -2.13. The van der Waals surface area contributed by atoms with Crippen molar-refractivity contribution in [2.75, 3.05) is 6.61 Å². The quantitative estimate of drug-likeness (QED) is 0.461. The van der Waals surface area contributed by atoms with Crippen LogP contribution in [0.2, 0.25) is 15.1 Å². The highest BCUT2D eigenvalue weighted by molar-refractivity contribution is 6.36. The average molecular weight is 407 g/mol. The maximum Gasteiger partial charge on any atom is 0.356 e. The van der Waals surface area contributed by atoms with E-state index >= 15 is 0 Å². The summed E-state index contributed by atoms with van der Waals surface area (Å²) < 4.78 is 5.06. The molecule has 0 aliphatic rings. The fraction of sp³-hybridized carbons (Fsp3) is 0.100. The highest BCUT2D eigenvalue weighted by atomic mass is 35.5. The molecular weight excluding hydrogens is 393 g/mol. The third-order valence-corrected chi connectivity index (χ3v) is 4.52. The van der Waals surface area contributed by atoms with Crippen LogP contribution in [-0.4, -0.2) is 17.6 Å². The first-order valence-corrected chi connectivity index (χ1v) is 9.02. The minimum atomic E-state index is -0.485. The van der Waals surface area contributed by atoms with Gasteiger partial charge in [0.25, 0.3) is 0 Å². The van der Waals surface area contributed by atoms with Crippen molar-refractivity contribution in [1.29, 1.82) is 0 Å². The number of nitrogens with zero attached hydrogens (tertiary/aromatic N) is 1. The van der Waals surface area contributed by atoms with Crippen molar-refractivity contribution in [3.8, 4) is 22.4 Å². The Balaban J connectivity index is 2.20. The van der Waals surface area contributed by atoms with E-state index in [-0.39, 0.29) is 12.3 Å². The van der Waals surface area contributed by atoms with Gasteiger partial charge in [-0.1, -0.05) is 46.9 Å². The minimum absolute atomic E-state index is 0.214. The van der Waals surface area contributed by atoms with Crippen molar-refractivity contribution in [3.05, 3.63) is 75.4 Å². The molecule has 0 atom stereocenters. The molecule has 0 saturated carbocycles. The van der Waals surface area contributed by atoms with Gasteiger partial charge in [0.2, 0.25) is 0 Å². The van der Waals surface area contributed by atoms with Gasteiger partial charge in [-0.2, -0.15) is 0 Å². The van der Waals surface area contributed by atoms with Crippen molar-refractivity contribution in [2.45, 2.75) is 6.92 Å². The summed E-state index contributed by atoms with van der Waals surface area (Å²) in [5.74, 6) is -0.485. The zero-order chi connectivity index (χ0) is 18.7. The Bertz CT molecular complexity index is 956. The van der Waals surface area contributed by atoms with Crippen LogP contribution in [0.5, 0.6) is 0 Å². The number of carbonyl (C=O) groups excluding carboxylic acids is 1. The van der Waals surface area contributed by atoms with Gasteiger partial charge in [0.1, 0.15) is 5.69 Å². The van der Waals surface area contributed by atoms with E-state index in [9.17, 15) is 4.79 Å². The summed E-state index contributed by atoms with van der Waals surface area (Å²) in [6.07, 6.45) is 0. The predicted octanol–water partition coefficient (Wildman–Crippen LogP) is 6.55. The first kappa shape index (κ1) is 18.7. The molecule has 0 aliphatic carbocycles. The predicted molar refractivity (Wildman–Crippen MR) is 106 cm³/mol. The molecule has 1 aromatic heterocycles. The van der Waals surface area contributed by atoms with Gasteiger partial charge >= 0.3 is 5.97 Å². The standard InChI is InChI=1S/C20H14Cl3NO2/c1-2-26-20(25)18-10-9-15(12-3-5-13(21)6-4-12)19(24-18)16-8-7-14(22)11-17(16)23/h3-11H,2H2,1H3. The molecular formula is C20H14Cl3NO2. The smallest absolute Gasteiger partial charge is 0.356 e. The van der Waals surface area contributed by atoms with Crippen LogP contribution in [0.4, 0.5) is 0 Å². The molecule has 3 nitrogen and oxygen atoms in total. The van der Waals surface area contributed by atoms with E-state index in [0.717, 1.165) is 11.1 Å². The van der Waals surface area contributed by atoms with Gasteiger partial charge in [0.15, 0.2) is 0 Å². The maximum absolute atomic E-state index is 12.1. The summed E-state index contributed by atoms with van der Waals surface area (Å²) in [6, 6.07) is 16.0. The molecule has 0 N–H and O–H groups in total. The molecule has 0 bridgehead atoms. The van der Waals surface area contributed by atoms with Crippen LogP contribution in [0.1, 0.15) is 17.4 Å².